The first-order valence-corrected chi connectivity index (χ1v) is 6.74. The van der Waals surface area contributed by atoms with E-state index in [1.165, 1.54) is 6.26 Å². The highest BCUT2D eigenvalue weighted by Crippen LogP contribution is 2.14. The summed E-state index contributed by atoms with van der Waals surface area (Å²) in [4.78, 5) is 22.0. The Balaban J connectivity index is 2.11. The number of hydrogen-bond donors (Lipinski definition) is 3. The minimum atomic E-state index is -0.776. The summed E-state index contributed by atoms with van der Waals surface area (Å²) in [5, 5.41) is 17.7. The Morgan fingerprint density at radius 1 is 1.40 bits per heavy atom. The number of carboxylic acids is 1. The molecule has 7 nitrogen and oxygen atoms in total. The monoisotopic (exact) mass is 283 g/mol. The van der Waals surface area contributed by atoms with Crippen LogP contribution in [0.3, 0.4) is 0 Å². The molecule has 3 N–H and O–H groups in total. The molecule has 1 aromatic heterocycles. The number of amides is 2. The lowest BCUT2D eigenvalue weighted by Gasteiger charge is -2.14. The number of hydrogen-bond acceptors (Lipinski definition) is 4. The lowest BCUT2D eigenvalue weighted by atomic mass is 9.97. The molecule has 0 fully saturated rings. The van der Waals surface area contributed by atoms with E-state index >= 15 is 0 Å². The van der Waals surface area contributed by atoms with Crippen molar-refractivity contribution in [1.29, 1.82) is 0 Å². The largest absolute Gasteiger partial charge is 0.481 e. The first-order valence-electron chi connectivity index (χ1n) is 6.74. The van der Waals surface area contributed by atoms with E-state index < -0.39 is 5.97 Å². The fourth-order valence-electron chi connectivity index (χ4n) is 1.83. The number of carboxylic acid groups (broad SMARTS) is 1. The zero-order chi connectivity index (χ0) is 14.8. The van der Waals surface area contributed by atoms with E-state index in [1.807, 2.05) is 6.92 Å². The van der Waals surface area contributed by atoms with Gasteiger partial charge in [-0.2, -0.15) is 0 Å². The molecule has 1 aromatic rings. The molecular formula is C13H21N3O4. The van der Waals surface area contributed by atoms with E-state index in [0.29, 0.717) is 31.1 Å². The second-order valence-corrected chi connectivity index (χ2v) is 4.60. The molecule has 1 atom stereocenters. The van der Waals surface area contributed by atoms with Gasteiger partial charge in [0.15, 0.2) is 0 Å². The summed E-state index contributed by atoms with van der Waals surface area (Å²) in [6.45, 7) is 2.87. The maximum absolute atomic E-state index is 11.5. The van der Waals surface area contributed by atoms with E-state index in [4.69, 9.17) is 5.11 Å². The van der Waals surface area contributed by atoms with Crippen molar-refractivity contribution in [3.05, 3.63) is 18.0 Å². The minimum absolute atomic E-state index is 0.177. The van der Waals surface area contributed by atoms with Gasteiger partial charge in [-0.1, -0.05) is 18.5 Å². The van der Waals surface area contributed by atoms with Crippen molar-refractivity contribution in [2.75, 3.05) is 6.54 Å². The average molecular weight is 283 g/mol. The summed E-state index contributed by atoms with van der Waals surface area (Å²) >= 11 is 0. The number of carbonyl (C=O) groups excluding carboxylic acids is 1. The zero-order valence-electron chi connectivity index (χ0n) is 11.6. The number of aromatic nitrogens is 1. The zero-order valence-corrected chi connectivity index (χ0v) is 11.6. The van der Waals surface area contributed by atoms with Crippen LogP contribution in [0.1, 0.15) is 38.3 Å². The average Bonchev–Trinajstić information content (AvgIpc) is 2.93. The van der Waals surface area contributed by atoms with Gasteiger partial charge in [-0.3, -0.25) is 4.79 Å². The normalized spacial score (nSPS) is 11.8. The minimum Gasteiger partial charge on any atom is -0.481 e. The SMILES string of the molecule is CCC(CCNC(=O)NCc1ccon1)CCC(=O)O. The summed E-state index contributed by atoms with van der Waals surface area (Å²) in [6, 6.07) is 1.42. The van der Waals surface area contributed by atoms with Gasteiger partial charge in [-0.05, 0) is 18.8 Å². The molecule has 0 aliphatic carbocycles. The molecule has 0 spiro atoms. The molecule has 20 heavy (non-hydrogen) atoms. The molecule has 0 aliphatic heterocycles. The van der Waals surface area contributed by atoms with Crippen LogP contribution in [0.15, 0.2) is 16.9 Å². The smallest absolute Gasteiger partial charge is 0.315 e. The van der Waals surface area contributed by atoms with Gasteiger partial charge in [0.25, 0.3) is 0 Å². The molecule has 7 heteroatoms. The quantitative estimate of drug-likeness (QED) is 0.640. The van der Waals surface area contributed by atoms with Crippen molar-refractivity contribution < 1.29 is 19.2 Å². The van der Waals surface area contributed by atoms with Crippen molar-refractivity contribution in [2.24, 2.45) is 5.92 Å². The standard InChI is InChI=1S/C13H21N3O4/c1-2-10(3-4-12(17)18)5-7-14-13(19)15-9-11-6-8-20-16-11/h6,8,10H,2-5,7,9H2,1H3,(H,17,18)(H2,14,15,19). The van der Waals surface area contributed by atoms with Gasteiger partial charge in [0.05, 0.1) is 6.54 Å². The molecule has 0 aromatic carbocycles. The van der Waals surface area contributed by atoms with Crippen LogP contribution in [0.25, 0.3) is 0 Å². The molecule has 2 amide bonds. The van der Waals surface area contributed by atoms with Crippen molar-refractivity contribution in [3.63, 3.8) is 0 Å². The number of urea groups is 1. The summed E-state index contributed by atoms with van der Waals surface area (Å²) in [6.07, 6.45) is 3.96. The first kappa shape index (κ1) is 16.0. The summed E-state index contributed by atoms with van der Waals surface area (Å²) < 4.78 is 4.65. The number of nitrogens with zero attached hydrogens (tertiary/aromatic N) is 1. The van der Waals surface area contributed by atoms with Crippen molar-refractivity contribution in [3.8, 4) is 0 Å². The number of rotatable bonds is 9. The van der Waals surface area contributed by atoms with Gasteiger partial charge >= 0.3 is 12.0 Å². The Morgan fingerprint density at radius 2 is 2.20 bits per heavy atom. The van der Waals surface area contributed by atoms with Gasteiger partial charge in [0, 0.05) is 19.0 Å². The Labute approximate surface area is 117 Å². The van der Waals surface area contributed by atoms with Crippen LogP contribution in [-0.2, 0) is 11.3 Å². The number of aliphatic carboxylic acids is 1. The molecule has 1 rings (SSSR count). The van der Waals surface area contributed by atoms with Gasteiger partial charge in [0.1, 0.15) is 12.0 Å². The fraction of sp³-hybridized carbons (Fsp3) is 0.615. The van der Waals surface area contributed by atoms with Crippen LogP contribution in [0.5, 0.6) is 0 Å². The van der Waals surface area contributed by atoms with E-state index in [-0.39, 0.29) is 12.5 Å². The second-order valence-electron chi connectivity index (χ2n) is 4.60. The summed E-state index contributed by atoms with van der Waals surface area (Å²) in [5.74, 6) is -0.455. The first-order chi connectivity index (χ1) is 9.61. The maximum atomic E-state index is 11.5. The fourth-order valence-corrected chi connectivity index (χ4v) is 1.83. The van der Waals surface area contributed by atoms with Crippen LogP contribution in [0, 0.1) is 5.92 Å². The van der Waals surface area contributed by atoms with Gasteiger partial charge in [-0.15, -0.1) is 0 Å². The molecule has 0 saturated heterocycles. The van der Waals surface area contributed by atoms with E-state index in [0.717, 1.165) is 12.8 Å². The maximum Gasteiger partial charge on any atom is 0.315 e. The molecule has 1 heterocycles. The van der Waals surface area contributed by atoms with Crippen LogP contribution in [-0.4, -0.2) is 28.8 Å². The van der Waals surface area contributed by atoms with Gasteiger partial charge in [-0.25, -0.2) is 4.79 Å². The topological polar surface area (TPSA) is 104 Å². The van der Waals surface area contributed by atoms with Crippen LogP contribution >= 0.6 is 0 Å². The molecule has 0 saturated carbocycles. The highest BCUT2D eigenvalue weighted by Gasteiger charge is 2.09. The lowest BCUT2D eigenvalue weighted by molar-refractivity contribution is -0.137. The Bertz CT molecular complexity index is 406. The van der Waals surface area contributed by atoms with E-state index in [1.54, 1.807) is 6.07 Å². The van der Waals surface area contributed by atoms with Crippen molar-refractivity contribution in [2.45, 2.75) is 39.2 Å². The predicted octanol–water partition coefficient (Wildman–Crippen LogP) is 1.75. The van der Waals surface area contributed by atoms with E-state index in [2.05, 4.69) is 20.3 Å². The molecule has 1 unspecified atom stereocenters. The van der Waals surface area contributed by atoms with Crippen LogP contribution < -0.4 is 10.6 Å². The molecule has 0 radical (unpaired) electrons. The van der Waals surface area contributed by atoms with Crippen LogP contribution in [0.2, 0.25) is 0 Å². The lowest BCUT2D eigenvalue weighted by Crippen LogP contribution is -2.36. The van der Waals surface area contributed by atoms with E-state index in [9.17, 15) is 9.59 Å². The van der Waals surface area contributed by atoms with Gasteiger partial charge in [0.2, 0.25) is 0 Å². The molecule has 112 valence electrons. The Kier molecular flexibility index (Phi) is 7.16. The molecular weight excluding hydrogens is 262 g/mol. The Morgan fingerprint density at radius 3 is 2.80 bits per heavy atom. The van der Waals surface area contributed by atoms with Crippen molar-refractivity contribution in [1.82, 2.24) is 15.8 Å². The van der Waals surface area contributed by atoms with Gasteiger partial charge < -0.3 is 20.3 Å². The number of carbonyl (C=O) groups is 2. The highest BCUT2D eigenvalue weighted by atomic mass is 16.5. The number of nitrogens with one attached hydrogen (secondary N) is 2. The van der Waals surface area contributed by atoms with Crippen molar-refractivity contribution >= 4 is 12.0 Å². The second kappa shape index (κ2) is 8.95. The Hall–Kier alpha value is -2.05. The highest BCUT2D eigenvalue weighted by molar-refractivity contribution is 5.73. The third-order valence-corrected chi connectivity index (χ3v) is 3.10. The summed E-state index contributed by atoms with van der Waals surface area (Å²) in [7, 11) is 0. The summed E-state index contributed by atoms with van der Waals surface area (Å²) in [5.41, 5.74) is 0.660. The molecule has 0 bridgehead atoms. The third kappa shape index (κ3) is 6.77. The predicted molar refractivity (Wildman–Crippen MR) is 72.0 cm³/mol. The molecule has 0 aliphatic rings. The third-order valence-electron chi connectivity index (χ3n) is 3.10. The van der Waals surface area contributed by atoms with Crippen LogP contribution in [0.4, 0.5) is 4.79 Å².